The third-order valence-electron chi connectivity index (χ3n) is 3.52. The van der Waals surface area contributed by atoms with Gasteiger partial charge in [0.15, 0.2) is 0 Å². The first kappa shape index (κ1) is 14.5. The van der Waals surface area contributed by atoms with Gasteiger partial charge in [-0.05, 0) is 38.1 Å². The molecule has 1 aromatic heterocycles. The molecule has 2 aromatic rings. The minimum atomic E-state index is -0.254. The third kappa shape index (κ3) is 3.36. The van der Waals surface area contributed by atoms with Crippen LogP contribution in [0.2, 0.25) is 0 Å². The summed E-state index contributed by atoms with van der Waals surface area (Å²) >= 11 is 0. The van der Waals surface area contributed by atoms with Gasteiger partial charge in [0.25, 0.3) is 0 Å². The molecule has 0 bridgehead atoms. The number of methoxy groups -OCH3 is 1. The summed E-state index contributed by atoms with van der Waals surface area (Å²) in [6, 6.07) is 6.86. The van der Waals surface area contributed by atoms with Gasteiger partial charge in [-0.3, -0.25) is 4.68 Å². The van der Waals surface area contributed by atoms with Gasteiger partial charge in [-0.25, -0.2) is 4.39 Å². The van der Waals surface area contributed by atoms with Gasteiger partial charge in [0, 0.05) is 30.5 Å². The molecule has 0 aliphatic heterocycles. The number of aromatic nitrogens is 2. The van der Waals surface area contributed by atoms with E-state index in [1.54, 1.807) is 19.4 Å². The topological polar surface area (TPSA) is 39.1 Å². The highest BCUT2D eigenvalue weighted by Gasteiger charge is 2.14. The molecule has 0 saturated heterocycles. The molecule has 1 aromatic carbocycles. The molecule has 2 unspecified atom stereocenters. The molecule has 0 fully saturated rings. The maximum absolute atomic E-state index is 13.3. The second-order valence-corrected chi connectivity index (χ2v) is 4.85. The number of hydrogen-bond donors (Lipinski definition) is 1. The lowest BCUT2D eigenvalue weighted by Gasteiger charge is -2.22. The van der Waals surface area contributed by atoms with Crippen molar-refractivity contribution in [2.75, 3.05) is 7.11 Å². The van der Waals surface area contributed by atoms with E-state index in [1.165, 1.54) is 12.1 Å². The summed E-state index contributed by atoms with van der Waals surface area (Å²) < 4.78 is 20.4. The Hall–Kier alpha value is -1.88. The van der Waals surface area contributed by atoms with Gasteiger partial charge in [-0.15, -0.1) is 0 Å². The maximum Gasteiger partial charge on any atom is 0.123 e. The average Bonchev–Trinajstić information content (AvgIpc) is 2.98. The number of nitrogens with zero attached hydrogens (tertiary/aromatic N) is 2. The van der Waals surface area contributed by atoms with Gasteiger partial charge >= 0.3 is 0 Å². The van der Waals surface area contributed by atoms with Crippen LogP contribution < -0.4 is 10.1 Å². The summed E-state index contributed by atoms with van der Waals surface area (Å²) in [6.45, 7) is 4.72. The molecule has 108 valence electrons. The molecule has 0 aliphatic carbocycles. The Balaban J connectivity index is 1.99. The van der Waals surface area contributed by atoms with Gasteiger partial charge in [-0.1, -0.05) is 0 Å². The Morgan fingerprint density at radius 2 is 2.20 bits per heavy atom. The normalized spacial score (nSPS) is 14.0. The zero-order chi connectivity index (χ0) is 14.5. The quantitative estimate of drug-likeness (QED) is 0.882. The van der Waals surface area contributed by atoms with Crippen molar-refractivity contribution in [3.8, 4) is 5.75 Å². The molecule has 0 radical (unpaired) electrons. The van der Waals surface area contributed by atoms with Crippen LogP contribution in [0.5, 0.6) is 5.75 Å². The molecule has 4 nitrogen and oxygen atoms in total. The van der Waals surface area contributed by atoms with Crippen LogP contribution in [0.15, 0.2) is 36.7 Å². The van der Waals surface area contributed by atoms with E-state index in [0.717, 1.165) is 5.56 Å². The van der Waals surface area contributed by atoms with Crippen LogP contribution in [-0.4, -0.2) is 22.9 Å². The molecule has 0 amide bonds. The molecule has 0 saturated carbocycles. The van der Waals surface area contributed by atoms with Crippen molar-refractivity contribution >= 4 is 0 Å². The van der Waals surface area contributed by atoms with Gasteiger partial charge in [0.2, 0.25) is 0 Å². The van der Waals surface area contributed by atoms with Gasteiger partial charge in [0.1, 0.15) is 11.6 Å². The van der Waals surface area contributed by atoms with E-state index in [1.807, 2.05) is 16.9 Å². The lowest BCUT2D eigenvalue weighted by atomic mass is 10.1. The van der Waals surface area contributed by atoms with Crippen LogP contribution in [0.25, 0.3) is 0 Å². The fraction of sp³-hybridized carbons (Fsp3) is 0.400. The van der Waals surface area contributed by atoms with E-state index >= 15 is 0 Å². The van der Waals surface area contributed by atoms with Crippen molar-refractivity contribution in [3.63, 3.8) is 0 Å². The van der Waals surface area contributed by atoms with Crippen molar-refractivity contribution in [2.45, 2.75) is 32.5 Å². The molecule has 0 aliphatic rings. The SMILES string of the molecule is COc1ccc(F)cc1CNC(C)C(C)n1cccn1. The highest BCUT2D eigenvalue weighted by atomic mass is 19.1. The van der Waals surface area contributed by atoms with Gasteiger partial charge < -0.3 is 10.1 Å². The Kier molecular flexibility index (Phi) is 4.74. The average molecular weight is 277 g/mol. The number of benzene rings is 1. The van der Waals surface area contributed by atoms with Crippen molar-refractivity contribution in [1.82, 2.24) is 15.1 Å². The summed E-state index contributed by atoms with van der Waals surface area (Å²) in [5.41, 5.74) is 0.812. The second kappa shape index (κ2) is 6.52. The van der Waals surface area contributed by atoms with Crippen LogP contribution in [0.4, 0.5) is 4.39 Å². The number of hydrogen-bond acceptors (Lipinski definition) is 3. The first-order chi connectivity index (χ1) is 9.61. The van der Waals surface area contributed by atoms with E-state index in [4.69, 9.17) is 4.74 Å². The van der Waals surface area contributed by atoms with Gasteiger partial charge in [-0.2, -0.15) is 5.10 Å². The minimum Gasteiger partial charge on any atom is -0.496 e. The predicted octanol–water partition coefficient (Wildman–Crippen LogP) is 2.77. The van der Waals surface area contributed by atoms with Crippen LogP contribution in [0.3, 0.4) is 0 Å². The fourth-order valence-corrected chi connectivity index (χ4v) is 2.08. The third-order valence-corrected chi connectivity index (χ3v) is 3.52. The van der Waals surface area contributed by atoms with Crippen LogP contribution >= 0.6 is 0 Å². The summed E-state index contributed by atoms with van der Waals surface area (Å²) in [7, 11) is 1.59. The molecular formula is C15H20FN3O. The zero-order valence-corrected chi connectivity index (χ0v) is 12.0. The number of ether oxygens (including phenoxy) is 1. The number of rotatable bonds is 6. The smallest absolute Gasteiger partial charge is 0.123 e. The lowest BCUT2D eigenvalue weighted by molar-refractivity contribution is 0.359. The Morgan fingerprint density at radius 3 is 2.85 bits per heavy atom. The highest BCUT2D eigenvalue weighted by molar-refractivity contribution is 5.33. The minimum absolute atomic E-state index is 0.197. The molecule has 2 atom stereocenters. The largest absolute Gasteiger partial charge is 0.496 e. The molecule has 5 heteroatoms. The standard InChI is InChI=1S/C15H20FN3O/c1-11(12(2)19-8-4-7-18-19)17-10-13-9-14(16)5-6-15(13)20-3/h4-9,11-12,17H,10H2,1-3H3. The Labute approximate surface area is 118 Å². The first-order valence-corrected chi connectivity index (χ1v) is 6.66. The monoisotopic (exact) mass is 277 g/mol. The van der Waals surface area contributed by atoms with E-state index in [2.05, 4.69) is 24.3 Å². The molecular weight excluding hydrogens is 257 g/mol. The van der Waals surface area contributed by atoms with Crippen molar-refractivity contribution in [3.05, 3.63) is 48.0 Å². The summed E-state index contributed by atoms with van der Waals surface area (Å²) in [5.74, 6) is 0.438. The zero-order valence-electron chi connectivity index (χ0n) is 12.0. The summed E-state index contributed by atoms with van der Waals surface area (Å²) in [4.78, 5) is 0. The number of nitrogens with one attached hydrogen (secondary N) is 1. The predicted molar refractivity (Wildman–Crippen MR) is 76.2 cm³/mol. The van der Waals surface area contributed by atoms with Crippen LogP contribution in [0, 0.1) is 5.82 Å². The second-order valence-electron chi connectivity index (χ2n) is 4.85. The molecule has 20 heavy (non-hydrogen) atoms. The van der Waals surface area contributed by atoms with E-state index < -0.39 is 0 Å². The van der Waals surface area contributed by atoms with E-state index in [0.29, 0.717) is 12.3 Å². The first-order valence-electron chi connectivity index (χ1n) is 6.66. The Morgan fingerprint density at radius 1 is 1.40 bits per heavy atom. The number of halogens is 1. The van der Waals surface area contributed by atoms with E-state index in [9.17, 15) is 4.39 Å². The maximum atomic E-state index is 13.3. The van der Waals surface area contributed by atoms with Crippen molar-refractivity contribution in [1.29, 1.82) is 0 Å². The van der Waals surface area contributed by atoms with Crippen LogP contribution in [0.1, 0.15) is 25.5 Å². The molecule has 2 rings (SSSR count). The van der Waals surface area contributed by atoms with Gasteiger partial charge in [0.05, 0.1) is 13.2 Å². The fourth-order valence-electron chi connectivity index (χ4n) is 2.08. The molecule has 1 N–H and O–H groups in total. The summed E-state index contributed by atoms with van der Waals surface area (Å²) in [5, 5.41) is 7.61. The molecule has 0 spiro atoms. The van der Waals surface area contributed by atoms with Crippen molar-refractivity contribution < 1.29 is 9.13 Å². The molecule has 1 heterocycles. The Bertz CT molecular complexity index is 542. The summed E-state index contributed by atoms with van der Waals surface area (Å²) in [6.07, 6.45) is 3.70. The lowest BCUT2D eigenvalue weighted by Crippen LogP contribution is -2.33. The highest BCUT2D eigenvalue weighted by Crippen LogP contribution is 2.20. The van der Waals surface area contributed by atoms with Crippen molar-refractivity contribution in [2.24, 2.45) is 0 Å². The van der Waals surface area contributed by atoms with E-state index in [-0.39, 0.29) is 17.9 Å². The van der Waals surface area contributed by atoms with Crippen LogP contribution in [-0.2, 0) is 6.54 Å².